The second-order valence-corrected chi connectivity index (χ2v) is 3.66. The van der Waals surface area contributed by atoms with Crippen molar-refractivity contribution in [1.29, 1.82) is 0 Å². The van der Waals surface area contributed by atoms with E-state index in [1.807, 2.05) is 18.2 Å². The van der Waals surface area contributed by atoms with Crippen molar-refractivity contribution < 1.29 is 9.90 Å². The second kappa shape index (κ2) is 4.28. The second-order valence-electron chi connectivity index (χ2n) is 3.66. The molecule has 0 bridgehead atoms. The molecule has 0 atom stereocenters. The quantitative estimate of drug-likeness (QED) is 0.731. The lowest BCUT2D eigenvalue weighted by Crippen LogP contribution is -2.40. The molecule has 1 aromatic carbocycles. The Bertz CT molecular complexity index is 394. The van der Waals surface area contributed by atoms with Gasteiger partial charge in [-0.25, -0.2) is 4.79 Å². The van der Waals surface area contributed by atoms with Gasteiger partial charge in [-0.2, -0.15) is 0 Å². The van der Waals surface area contributed by atoms with Crippen molar-refractivity contribution in [2.45, 2.75) is 5.92 Å². The molecule has 15 heavy (non-hydrogen) atoms. The Hall–Kier alpha value is -1.61. The minimum atomic E-state index is -0.906. The van der Waals surface area contributed by atoms with Gasteiger partial charge in [0.15, 0.2) is 0 Å². The average Bonchev–Trinajstić information content (AvgIpc) is 2.14. The molecule has 1 saturated heterocycles. The topological polar surface area (TPSA) is 49.3 Å². The maximum absolute atomic E-state index is 10.4. The first-order chi connectivity index (χ1) is 7.27. The van der Waals surface area contributed by atoms with Crippen molar-refractivity contribution in [3.05, 3.63) is 41.5 Å². The Labute approximate surface area is 88.4 Å². The molecule has 1 fully saturated rings. The summed E-state index contributed by atoms with van der Waals surface area (Å²) in [5, 5.41) is 11.8. The lowest BCUT2D eigenvalue weighted by atomic mass is 9.90. The number of hydrogen-bond donors (Lipinski definition) is 2. The zero-order valence-corrected chi connectivity index (χ0v) is 8.31. The maximum Gasteiger partial charge on any atom is 0.328 e. The average molecular weight is 203 g/mol. The van der Waals surface area contributed by atoms with Gasteiger partial charge < -0.3 is 10.4 Å². The van der Waals surface area contributed by atoms with Crippen molar-refractivity contribution in [2.24, 2.45) is 0 Å². The van der Waals surface area contributed by atoms with Crippen LogP contribution in [-0.2, 0) is 4.79 Å². The van der Waals surface area contributed by atoms with Crippen LogP contribution in [0.5, 0.6) is 0 Å². The van der Waals surface area contributed by atoms with E-state index in [-0.39, 0.29) is 0 Å². The van der Waals surface area contributed by atoms with Crippen LogP contribution in [0, 0.1) is 0 Å². The zero-order chi connectivity index (χ0) is 10.7. The van der Waals surface area contributed by atoms with Gasteiger partial charge in [0.25, 0.3) is 0 Å². The molecule has 3 nitrogen and oxygen atoms in total. The third-order valence-corrected chi connectivity index (χ3v) is 2.62. The summed E-state index contributed by atoms with van der Waals surface area (Å²) in [5.41, 5.74) is 2.24. The number of carboxylic acid groups (broad SMARTS) is 1. The first-order valence-corrected chi connectivity index (χ1v) is 4.98. The van der Waals surface area contributed by atoms with E-state index in [9.17, 15) is 4.79 Å². The smallest absolute Gasteiger partial charge is 0.328 e. The van der Waals surface area contributed by atoms with Crippen molar-refractivity contribution in [2.75, 3.05) is 13.1 Å². The van der Waals surface area contributed by atoms with Crippen molar-refractivity contribution in [3.8, 4) is 0 Å². The fourth-order valence-corrected chi connectivity index (χ4v) is 1.70. The third-order valence-electron chi connectivity index (χ3n) is 2.62. The summed E-state index contributed by atoms with van der Waals surface area (Å²) >= 11 is 0. The molecule has 0 saturated carbocycles. The molecule has 1 aliphatic rings. The Morgan fingerprint density at radius 1 is 1.40 bits per heavy atom. The van der Waals surface area contributed by atoms with E-state index in [1.165, 1.54) is 11.6 Å². The number of carboxylic acids is 1. The van der Waals surface area contributed by atoms with Crippen LogP contribution in [0.4, 0.5) is 0 Å². The summed E-state index contributed by atoms with van der Waals surface area (Å²) in [7, 11) is 0. The number of rotatable bonds is 3. The van der Waals surface area contributed by atoms with Crippen LogP contribution in [0.3, 0.4) is 0 Å². The highest BCUT2D eigenvalue weighted by atomic mass is 16.4. The molecule has 0 aromatic heterocycles. The molecule has 3 heteroatoms. The van der Waals surface area contributed by atoms with E-state index in [0.717, 1.165) is 18.7 Å². The first kappa shape index (κ1) is 9.93. The number of nitrogens with one attached hydrogen (secondary N) is 1. The molecule has 0 amide bonds. The van der Waals surface area contributed by atoms with Gasteiger partial charge >= 0.3 is 5.97 Å². The summed E-state index contributed by atoms with van der Waals surface area (Å²) in [6, 6.07) is 7.93. The van der Waals surface area contributed by atoms with Crippen LogP contribution < -0.4 is 5.32 Å². The van der Waals surface area contributed by atoms with Gasteiger partial charge in [0.2, 0.25) is 0 Å². The van der Waals surface area contributed by atoms with Gasteiger partial charge in [0, 0.05) is 25.1 Å². The first-order valence-electron chi connectivity index (χ1n) is 4.98. The predicted octanol–water partition coefficient (Wildman–Crippen LogP) is 1.47. The fraction of sp³-hybridized carbons (Fsp3) is 0.250. The van der Waals surface area contributed by atoms with Crippen LogP contribution in [-0.4, -0.2) is 24.2 Å². The van der Waals surface area contributed by atoms with Crippen LogP contribution in [0.2, 0.25) is 0 Å². The zero-order valence-electron chi connectivity index (χ0n) is 8.31. The van der Waals surface area contributed by atoms with Crippen molar-refractivity contribution in [1.82, 2.24) is 5.32 Å². The number of benzene rings is 1. The highest BCUT2D eigenvalue weighted by molar-refractivity contribution is 5.85. The Morgan fingerprint density at radius 2 is 2.13 bits per heavy atom. The standard InChI is InChI=1S/C12H13NO2/c14-12(15)6-5-9-3-1-2-4-11(9)10-7-13-8-10/h1-6,10,13H,7-8H2,(H,14,15). The highest BCUT2D eigenvalue weighted by Crippen LogP contribution is 2.24. The van der Waals surface area contributed by atoms with E-state index < -0.39 is 5.97 Å². The van der Waals surface area contributed by atoms with Crippen LogP contribution in [0.25, 0.3) is 6.08 Å². The van der Waals surface area contributed by atoms with Gasteiger partial charge in [-0.15, -0.1) is 0 Å². The van der Waals surface area contributed by atoms with E-state index in [0.29, 0.717) is 5.92 Å². The molecule has 78 valence electrons. The van der Waals surface area contributed by atoms with Crippen LogP contribution >= 0.6 is 0 Å². The fourth-order valence-electron chi connectivity index (χ4n) is 1.70. The van der Waals surface area contributed by atoms with E-state index >= 15 is 0 Å². The summed E-state index contributed by atoms with van der Waals surface area (Å²) in [4.78, 5) is 10.4. The number of carbonyl (C=O) groups is 1. The molecule has 0 aliphatic carbocycles. The third kappa shape index (κ3) is 2.25. The SMILES string of the molecule is O=C(O)C=Cc1ccccc1C1CNC1. The lowest BCUT2D eigenvalue weighted by Gasteiger charge is -2.28. The van der Waals surface area contributed by atoms with Gasteiger partial charge in [-0.1, -0.05) is 24.3 Å². The molecule has 0 radical (unpaired) electrons. The molecular formula is C12H13NO2. The molecule has 2 N–H and O–H groups in total. The number of hydrogen-bond acceptors (Lipinski definition) is 2. The summed E-state index contributed by atoms with van der Waals surface area (Å²) < 4.78 is 0. The lowest BCUT2D eigenvalue weighted by molar-refractivity contribution is -0.131. The number of aliphatic carboxylic acids is 1. The van der Waals surface area contributed by atoms with Gasteiger partial charge in [0.1, 0.15) is 0 Å². The molecule has 1 aromatic rings. The summed E-state index contributed by atoms with van der Waals surface area (Å²) in [6.45, 7) is 1.97. The van der Waals surface area contributed by atoms with Gasteiger partial charge in [0.05, 0.1) is 0 Å². The minimum absolute atomic E-state index is 0.527. The Kier molecular flexibility index (Phi) is 2.83. The van der Waals surface area contributed by atoms with Crippen LogP contribution in [0.1, 0.15) is 17.0 Å². The monoisotopic (exact) mass is 203 g/mol. The van der Waals surface area contributed by atoms with E-state index in [4.69, 9.17) is 5.11 Å². The molecule has 1 heterocycles. The van der Waals surface area contributed by atoms with E-state index in [1.54, 1.807) is 6.08 Å². The molecule has 2 rings (SSSR count). The molecule has 0 spiro atoms. The van der Waals surface area contributed by atoms with Crippen LogP contribution in [0.15, 0.2) is 30.3 Å². The molecule has 1 aliphatic heterocycles. The molecule has 0 unspecified atom stereocenters. The molecular weight excluding hydrogens is 190 g/mol. The maximum atomic E-state index is 10.4. The Balaban J connectivity index is 2.25. The van der Waals surface area contributed by atoms with E-state index in [2.05, 4.69) is 11.4 Å². The van der Waals surface area contributed by atoms with Gasteiger partial charge in [-0.05, 0) is 17.2 Å². The van der Waals surface area contributed by atoms with Gasteiger partial charge in [-0.3, -0.25) is 0 Å². The summed E-state index contributed by atoms with van der Waals surface area (Å²) in [6.07, 6.45) is 2.85. The highest BCUT2D eigenvalue weighted by Gasteiger charge is 2.20. The van der Waals surface area contributed by atoms with Crippen molar-refractivity contribution >= 4 is 12.0 Å². The largest absolute Gasteiger partial charge is 0.478 e. The summed E-state index contributed by atoms with van der Waals surface area (Å²) in [5.74, 6) is -0.379. The minimum Gasteiger partial charge on any atom is -0.478 e. The normalized spacial score (nSPS) is 16.5. The van der Waals surface area contributed by atoms with Crippen molar-refractivity contribution in [3.63, 3.8) is 0 Å². The predicted molar refractivity (Wildman–Crippen MR) is 58.7 cm³/mol. The Morgan fingerprint density at radius 3 is 2.73 bits per heavy atom.